The van der Waals surface area contributed by atoms with Crippen molar-refractivity contribution in [2.75, 3.05) is 26.5 Å². The normalized spacial score (nSPS) is 35.6. The van der Waals surface area contributed by atoms with Gasteiger partial charge in [-0.2, -0.15) is 0 Å². The second-order valence-corrected chi connectivity index (χ2v) is 15.6. The van der Waals surface area contributed by atoms with Crippen molar-refractivity contribution >= 4 is 23.0 Å². The van der Waals surface area contributed by atoms with Crippen molar-refractivity contribution in [3.05, 3.63) is 0 Å². The maximum atomic E-state index is 12.3. The summed E-state index contributed by atoms with van der Waals surface area (Å²) in [6.45, 7) is 20.8. The first-order valence-corrected chi connectivity index (χ1v) is 17.5. The van der Waals surface area contributed by atoms with Crippen molar-refractivity contribution in [3.8, 4) is 0 Å². The lowest BCUT2D eigenvalue weighted by molar-refractivity contribution is -0.160. The van der Waals surface area contributed by atoms with E-state index in [0.717, 1.165) is 0 Å². The Kier molecular flexibility index (Phi) is 14.7. The van der Waals surface area contributed by atoms with E-state index in [4.69, 9.17) is 35.4 Å². The quantitative estimate of drug-likeness (QED) is 0.281. The maximum absolute atomic E-state index is 12.3. The molecule has 2 saturated heterocycles. The van der Waals surface area contributed by atoms with Gasteiger partial charge in [0.2, 0.25) is 0 Å². The number of aliphatic hydroxyl groups excluding tert-OH is 2. The van der Waals surface area contributed by atoms with E-state index >= 15 is 0 Å². The first kappa shape index (κ1) is 36.2. The van der Waals surface area contributed by atoms with E-state index < -0.39 is 45.6 Å². The van der Waals surface area contributed by atoms with Gasteiger partial charge in [0.05, 0.1) is 37.6 Å². The number of rotatable bonds is 10. The molecule has 10 atom stereocenters. The van der Waals surface area contributed by atoms with Gasteiger partial charge in [-0.3, -0.25) is 9.13 Å². The minimum absolute atomic E-state index is 0.00948. The van der Waals surface area contributed by atoms with Crippen LogP contribution in [0.5, 0.6) is 0 Å². The molecule has 2 radical (unpaired) electrons. The van der Waals surface area contributed by atoms with E-state index in [1.54, 1.807) is 20.8 Å². The lowest BCUT2D eigenvalue weighted by Crippen LogP contribution is -2.52. The fourth-order valence-corrected chi connectivity index (χ4v) is 7.59. The molecule has 10 nitrogen and oxygen atoms in total. The zero-order valence-corrected chi connectivity index (χ0v) is 26.8. The van der Waals surface area contributed by atoms with Crippen LogP contribution in [0.2, 0.25) is 0 Å². The Morgan fingerprint density at radius 3 is 1.47 bits per heavy atom. The highest BCUT2D eigenvalue weighted by molar-refractivity contribution is 7.53. The van der Waals surface area contributed by atoms with Crippen LogP contribution in [0.25, 0.3) is 0 Å². The molecule has 0 aromatic rings. The van der Waals surface area contributed by atoms with Gasteiger partial charge in [-0.05, 0) is 46.5 Å². The molecule has 224 valence electrons. The van der Waals surface area contributed by atoms with Crippen LogP contribution in [-0.2, 0) is 36.7 Å². The Morgan fingerprint density at radius 1 is 0.737 bits per heavy atom. The molecule has 2 fully saturated rings. The van der Waals surface area contributed by atoms with E-state index in [-0.39, 0.29) is 42.0 Å². The Balaban J connectivity index is 0.000000380. The Labute approximate surface area is 231 Å². The van der Waals surface area contributed by atoms with Gasteiger partial charge in [0.15, 0.2) is 0 Å². The molecular formula is C25H51BO10P2. The number of ether oxygens (including phenoxy) is 2. The van der Waals surface area contributed by atoms with Crippen LogP contribution in [-0.4, -0.2) is 93.3 Å². The highest BCUT2D eigenvalue weighted by Crippen LogP contribution is 2.50. The molecule has 0 aromatic carbocycles. The minimum atomic E-state index is -3.23. The smallest absolute Gasteiger partial charge is 0.328 e. The molecule has 0 bridgehead atoms. The summed E-state index contributed by atoms with van der Waals surface area (Å²) >= 11 is 0. The Bertz CT molecular complexity index is 732. The average Bonchev–Trinajstić information content (AvgIpc) is 2.72. The molecule has 38 heavy (non-hydrogen) atoms. The minimum Gasteiger partial charge on any atom is -0.389 e. The molecule has 10 unspecified atom stereocenters. The fourth-order valence-electron chi connectivity index (χ4n) is 4.52. The van der Waals surface area contributed by atoms with Crippen molar-refractivity contribution in [2.45, 2.75) is 111 Å². The van der Waals surface area contributed by atoms with E-state index in [9.17, 15) is 19.3 Å². The summed E-state index contributed by atoms with van der Waals surface area (Å²) in [6, 6.07) is -0.820. The molecule has 2 aliphatic rings. The molecular weight excluding hydrogens is 533 g/mol. The molecule has 0 aromatic heterocycles. The van der Waals surface area contributed by atoms with Crippen LogP contribution in [0.1, 0.15) is 62.3 Å². The van der Waals surface area contributed by atoms with Crippen molar-refractivity contribution in [2.24, 2.45) is 23.7 Å². The first-order valence-electron chi connectivity index (χ1n) is 13.5. The third kappa shape index (κ3) is 11.6. The molecule has 0 amide bonds. The molecule has 2 heterocycles. The van der Waals surface area contributed by atoms with Crippen molar-refractivity contribution in [1.82, 2.24) is 0 Å². The summed E-state index contributed by atoms with van der Waals surface area (Å²) in [7, 11) is -0.734. The fraction of sp³-hybridized carbons (Fsp3) is 1.00. The summed E-state index contributed by atoms with van der Waals surface area (Å²) < 4.78 is 57.3. The highest BCUT2D eigenvalue weighted by Gasteiger charge is 2.44. The van der Waals surface area contributed by atoms with E-state index in [0.29, 0.717) is 13.2 Å². The molecule has 2 rings (SSSR count). The monoisotopic (exact) mass is 584 g/mol. The van der Waals surface area contributed by atoms with Crippen molar-refractivity contribution in [3.63, 3.8) is 0 Å². The van der Waals surface area contributed by atoms with Gasteiger partial charge in [0, 0.05) is 31.2 Å². The summed E-state index contributed by atoms with van der Waals surface area (Å²) in [6.07, 6.45) is -3.66. The van der Waals surface area contributed by atoms with Gasteiger partial charge in [-0.1, -0.05) is 27.7 Å². The lowest BCUT2D eigenvalue weighted by atomic mass is 9.79. The Morgan fingerprint density at radius 2 is 1.11 bits per heavy atom. The van der Waals surface area contributed by atoms with E-state index in [2.05, 4.69) is 0 Å². The summed E-state index contributed by atoms with van der Waals surface area (Å²) in [5.41, 5.74) is 0. The largest absolute Gasteiger partial charge is 0.389 e. The maximum Gasteiger partial charge on any atom is 0.328 e. The average molecular weight is 584 g/mol. The molecule has 0 aliphatic carbocycles. The van der Waals surface area contributed by atoms with Crippen molar-refractivity contribution in [1.29, 1.82) is 0 Å². The van der Waals surface area contributed by atoms with Crippen LogP contribution in [0, 0.1) is 23.7 Å². The second kappa shape index (κ2) is 15.4. The Hall–Kier alpha value is 0.205. The SMILES string of the molecule is CC(C)OP(C)(=O)OC1C(O)C(C)OCC1C(C)C.[B]C1OCC(C(C)C)C(OP(C)(=O)OC(C)C)C1O. The van der Waals surface area contributed by atoms with Gasteiger partial charge in [-0.15, -0.1) is 0 Å². The van der Waals surface area contributed by atoms with Crippen LogP contribution in [0.4, 0.5) is 0 Å². The summed E-state index contributed by atoms with van der Waals surface area (Å²) in [5.74, 6) is 0.423. The highest BCUT2D eigenvalue weighted by atomic mass is 31.2. The van der Waals surface area contributed by atoms with Crippen LogP contribution in [0.15, 0.2) is 0 Å². The van der Waals surface area contributed by atoms with E-state index in [1.807, 2.05) is 41.5 Å². The van der Waals surface area contributed by atoms with Gasteiger partial charge >= 0.3 is 15.2 Å². The third-order valence-electron chi connectivity index (χ3n) is 6.51. The molecule has 2 N–H and O–H groups in total. The molecule has 2 aliphatic heterocycles. The molecule has 0 saturated carbocycles. The number of aliphatic hydroxyl groups is 2. The number of hydrogen-bond donors (Lipinski definition) is 2. The van der Waals surface area contributed by atoms with Gasteiger partial charge < -0.3 is 37.8 Å². The summed E-state index contributed by atoms with van der Waals surface area (Å²) in [5, 5.41) is 20.3. The first-order chi connectivity index (χ1) is 17.3. The second-order valence-electron chi connectivity index (χ2n) is 11.6. The van der Waals surface area contributed by atoms with Crippen molar-refractivity contribution < 1.29 is 46.9 Å². The molecule has 0 spiro atoms. The molecule has 13 heteroatoms. The number of hydrogen-bond acceptors (Lipinski definition) is 10. The topological polar surface area (TPSA) is 130 Å². The predicted molar refractivity (Wildman–Crippen MR) is 149 cm³/mol. The lowest BCUT2D eigenvalue weighted by Gasteiger charge is -2.41. The third-order valence-corrected chi connectivity index (χ3v) is 9.37. The predicted octanol–water partition coefficient (Wildman–Crippen LogP) is 4.45. The zero-order valence-electron chi connectivity index (χ0n) is 25.0. The van der Waals surface area contributed by atoms with E-state index in [1.165, 1.54) is 13.3 Å². The van der Waals surface area contributed by atoms with Crippen LogP contribution >= 0.6 is 15.2 Å². The summed E-state index contributed by atoms with van der Waals surface area (Å²) in [4.78, 5) is 0. The van der Waals surface area contributed by atoms with Gasteiger partial charge in [0.1, 0.15) is 26.2 Å². The standard InChI is InChI=1S/C13H27O5P.C12H24BO5P/c1-8(2)11-7-16-10(5)12(14)13(11)18-19(6,15)17-9(3)4;1-7(2)9-6-16-12(13)10(14)11(9)18-19(5,15)17-8(3)4/h8-14H,7H2,1-6H3;7-12,14H,6H2,1-5H3. The van der Waals surface area contributed by atoms with Crippen LogP contribution in [0.3, 0.4) is 0 Å². The van der Waals surface area contributed by atoms with Crippen LogP contribution < -0.4 is 0 Å². The van der Waals surface area contributed by atoms with Gasteiger partial charge in [-0.25, -0.2) is 0 Å². The zero-order chi connectivity index (χ0) is 29.6. The van der Waals surface area contributed by atoms with Gasteiger partial charge in [0.25, 0.3) is 0 Å².